The molecule has 0 saturated heterocycles. The van der Waals surface area contributed by atoms with Crippen LogP contribution in [0.1, 0.15) is 11.5 Å². The van der Waals surface area contributed by atoms with Gasteiger partial charge in [0.2, 0.25) is 11.0 Å². The molecular weight excluding hydrogens is 364 g/mol. The summed E-state index contributed by atoms with van der Waals surface area (Å²) in [4.78, 5) is 4.34. The summed E-state index contributed by atoms with van der Waals surface area (Å²) in [5.74, 6) is 2.09. The Labute approximate surface area is 159 Å². The predicted molar refractivity (Wildman–Crippen MR) is 105 cm³/mol. The number of nitrogens with zero attached hydrogens (tertiary/aromatic N) is 3. The highest BCUT2D eigenvalue weighted by Gasteiger charge is 2.09. The maximum Gasteiger partial charge on any atom is 0.206 e. The first-order chi connectivity index (χ1) is 12.9. The van der Waals surface area contributed by atoms with Crippen LogP contribution in [0.15, 0.2) is 75.6 Å². The Hall–Kier alpha value is -2.64. The van der Waals surface area contributed by atoms with Gasteiger partial charge in [-0.3, -0.25) is 0 Å². The molecule has 0 aliphatic rings. The van der Waals surface area contributed by atoms with Gasteiger partial charge in [0, 0.05) is 12.1 Å². The van der Waals surface area contributed by atoms with E-state index in [-0.39, 0.29) is 0 Å². The normalized spacial score (nSPS) is 10.8. The van der Waals surface area contributed by atoms with Crippen molar-refractivity contribution < 1.29 is 4.42 Å². The van der Waals surface area contributed by atoms with Crippen molar-refractivity contribution in [3.63, 3.8) is 0 Å². The highest BCUT2D eigenvalue weighted by atomic mass is 32.2. The lowest BCUT2D eigenvalue weighted by Gasteiger charge is -2.00. The summed E-state index contributed by atoms with van der Waals surface area (Å²) in [5.41, 5.74) is 2.24. The minimum Gasteiger partial charge on any atom is -0.440 e. The molecule has 4 aromatic rings. The summed E-state index contributed by atoms with van der Waals surface area (Å²) in [7, 11) is 0. The van der Waals surface area contributed by atoms with Crippen LogP contribution in [-0.4, -0.2) is 15.2 Å². The van der Waals surface area contributed by atoms with Crippen LogP contribution in [0, 0.1) is 0 Å². The number of hydrogen-bond donors (Lipinski definition) is 1. The highest BCUT2D eigenvalue weighted by Crippen LogP contribution is 2.29. The number of anilines is 1. The predicted octanol–water partition coefficient (Wildman–Crippen LogP) is 5.10. The van der Waals surface area contributed by atoms with Crippen LogP contribution in [-0.2, 0) is 12.3 Å². The van der Waals surface area contributed by atoms with Crippen LogP contribution in [0.25, 0.3) is 11.3 Å². The van der Waals surface area contributed by atoms with E-state index in [1.165, 1.54) is 16.9 Å². The van der Waals surface area contributed by atoms with E-state index in [0.717, 1.165) is 27.3 Å². The molecule has 2 aromatic heterocycles. The monoisotopic (exact) mass is 380 g/mol. The van der Waals surface area contributed by atoms with Gasteiger partial charge in [0.1, 0.15) is 0 Å². The molecule has 0 fully saturated rings. The molecular formula is C19H16N4OS2. The fourth-order valence-corrected chi connectivity index (χ4v) is 3.95. The molecule has 5 nitrogen and oxygen atoms in total. The van der Waals surface area contributed by atoms with Crippen molar-refractivity contribution in [1.82, 2.24) is 15.2 Å². The van der Waals surface area contributed by atoms with Crippen LogP contribution < -0.4 is 5.32 Å². The van der Waals surface area contributed by atoms with Crippen molar-refractivity contribution >= 4 is 28.2 Å². The lowest BCUT2D eigenvalue weighted by Crippen LogP contribution is -1.98. The number of rotatable bonds is 7. The number of aromatic nitrogens is 3. The Bertz CT molecular complexity index is 954. The Balaban J connectivity index is 1.31. The van der Waals surface area contributed by atoms with Crippen LogP contribution in [0.3, 0.4) is 0 Å². The molecule has 0 unspecified atom stereocenters. The van der Waals surface area contributed by atoms with Crippen LogP contribution >= 0.6 is 23.1 Å². The summed E-state index contributed by atoms with van der Waals surface area (Å²) >= 11 is 3.11. The third-order valence-electron chi connectivity index (χ3n) is 3.62. The lowest BCUT2D eigenvalue weighted by molar-refractivity contribution is 0.530. The minimum absolute atomic E-state index is 0.625. The molecule has 0 spiro atoms. The van der Waals surface area contributed by atoms with Crippen LogP contribution in [0.5, 0.6) is 0 Å². The molecule has 0 atom stereocenters. The molecule has 0 saturated carbocycles. The number of hydrogen-bond acceptors (Lipinski definition) is 7. The molecule has 2 aromatic carbocycles. The van der Waals surface area contributed by atoms with Gasteiger partial charge in [-0.05, 0) is 5.56 Å². The quantitative estimate of drug-likeness (QED) is 0.450. The average molecular weight is 380 g/mol. The fraction of sp³-hybridized carbons (Fsp3) is 0.105. The van der Waals surface area contributed by atoms with E-state index >= 15 is 0 Å². The second kappa shape index (κ2) is 8.16. The molecule has 0 aliphatic carbocycles. The zero-order valence-electron chi connectivity index (χ0n) is 13.8. The second-order valence-electron chi connectivity index (χ2n) is 5.49. The molecule has 0 aliphatic heterocycles. The van der Waals surface area contributed by atoms with Crippen molar-refractivity contribution in [2.75, 3.05) is 5.32 Å². The number of nitrogens with one attached hydrogen (secondary N) is 1. The maximum atomic E-state index is 5.81. The first-order valence-electron chi connectivity index (χ1n) is 8.11. The van der Waals surface area contributed by atoms with E-state index < -0.39 is 0 Å². The van der Waals surface area contributed by atoms with Gasteiger partial charge >= 0.3 is 0 Å². The number of thioether (sulfide) groups is 1. The molecule has 1 N–H and O–H groups in total. The molecule has 130 valence electrons. The third kappa shape index (κ3) is 4.30. The van der Waals surface area contributed by atoms with Gasteiger partial charge in [-0.2, -0.15) is 0 Å². The molecule has 0 bridgehead atoms. The Morgan fingerprint density at radius 1 is 0.962 bits per heavy atom. The van der Waals surface area contributed by atoms with Crippen molar-refractivity contribution in [1.29, 1.82) is 0 Å². The smallest absolute Gasteiger partial charge is 0.206 e. The van der Waals surface area contributed by atoms with Crippen molar-refractivity contribution in [3.8, 4) is 11.3 Å². The molecule has 0 amide bonds. The Morgan fingerprint density at radius 3 is 2.54 bits per heavy atom. The summed E-state index contributed by atoms with van der Waals surface area (Å²) in [6.45, 7) is 0.736. The van der Waals surface area contributed by atoms with Gasteiger partial charge in [0.25, 0.3) is 0 Å². The molecule has 7 heteroatoms. The first kappa shape index (κ1) is 16.8. The van der Waals surface area contributed by atoms with E-state index in [0.29, 0.717) is 11.6 Å². The summed E-state index contributed by atoms with van der Waals surface area (Å²) in [6.07, 6.45) is 1.76. The highest BCUT2D eigenvalue weighted by molar-refractivity contribution is 8.00. The van der Waals surface area contributed by atoms with E-state index in [1.54, 1.807) is 18.0 Å². The molecule has 26 heavy (non-hydrogen) atoms. The van der Waals surface area contributed by atoms with Crippen molar-refractivity contribution in [3.05, 3.63) is 78.3 Å². The molecule has 0 radical (unpaired) electrons. The zero-order chi connectivity index (χ0) is 17.6. The zero-order valence-corrected chi connectivity index (χ0v) is 15.5. The average Bonchev–Trinajstić information content (AvgIpc) is 3.36. The van der Waals surface area contributed by atoms with Gasteiger partial charge < -0.3 is 9.73 Å². The Morgan fingerprint density at radius 2 is 1.73 bits per heavy atom. The minimum atomic E-state index is 0.625. The lowest BCUT2D eigenvalue weighted by atomic mass is 10.2. The second-order valence-corrected chi connectivity index (χ2v) is 7.69. The topological polar surface area (TPSA) is 63.8 Å². The third-order valence-corrected chi connectivity index (χ3v) is 5.62. The van der Waals surface area contributed by atoms with Crippen molar-refractivity contribution in [2.45, 2.75) is 16.6 Å². The summed E-state index contributed by atoms with van der Waals surface area (Å²) < 4.78 is 6.70. The first-order valence-corrected chi connectivity index (χ1v) is 9.91. The fourth-order valence-electron chi connectivity index (χ4n) is 2.35. The molecule has 2 heterocycles. The van der Waals surface area contributed by atoms with Gasteiger partial charge in [-0.15, -0.1) is 10.2 Å². The Kier molecular flexibility index (Phi) is 5.27. The van der Waals surface area contributed by atoms with Gasteiger partial charge in [-0.1, -0.05) is 83.8 Å². The maximum absolute atomic E-state index is 5.81. The number of benzene rings is 2. The van der Waals surface area contributed by atoms with Crippen LogP contribution in [0.2, 0.25) is 0 Å². The van der Waals surface area contributed by atoms with Crippen molar-refractivity contribution in [2.24, 2.45) is 0 Å². The van der Waals surface area contributed by atoms with E-state index in [2.05, 4.69) is 32.6 Å². The van der Waals surface area contributed by atoms with Gasteiger partial charge in [0.05, 0.1) is 11.9 Å². The van der Waals surface area contributed by atoms with E-state index in [9.17, 15) is 0 Å². The molecule has 4 rings (SSSR count). The van der Waals surface area contributed by atoms with Gasteiger partial charge in [0.15, 0.2) is 10.1 Å². The van der Waals surface area contributed by atoms with Crippen LogP contribution in [0.4, 0.5) is 5.13 Å². The standard InChI is InChI=1S/C19H16N4OS2/c1-3-7-14(8-4-1)11-21-18-22-23-19(26-18)25-13-17-20-12-16(24-17)15-9-5-2-6-10-15/h1-10,12H,11,13H2,(H,21,22). The number of oxazole rings is 1. The van der Waals surface area contributed by atoms with Gasteiger partial charge in [-0.25, -0.2) is 4.98 Å². The van der Waals surface area contributed by atoms with E-state index in [4.69, 9.17) is 4.42 Å². The SMILES string of the molecule is c1ccc(CNc2nnc(SCc3ncc(-c4ccccc4)o3)s2)cc1. The summed E-state index contributed by atoms with van der Waals surface area (Å²) in [5, 5.41) is 12.5. The summed E-state index contributed by atoms with van der Waals surface area (Å²) in [6, 6.07) is 20.2. The van der Waals surface area contributed by atoms with E-state index in [1.807, 2.05) is 48.5 Å². The largest absolute Gasteiger partial charge is 0.440 e.